The van der Waals surface area contributed by atoms with Crippen molar-refractivity contribution in [2.24, 2.45) is 0 Å². The first kappa shape index (κ1) is 12.9. The van der Waals surface area contributed by atoms with Crippen LogP contribution in [0.25, 0.3) is 0 Å². The summed E-state index contributed by atoms with van der Waals surface area (Å²) >= 11 is 0. The average molecular weight is 260 g/mol. The van der Waals surface area contributed by atoms with Gasteiger partial charge in [-0.15, -0.1) is 0 Å². The van der Waals surface area contributed by atoms with Crippen LogP contribution in [-0.4, -0.2) is 13.0 Å². The first-order valence-corrected chi connectivity index (χ1v) is 5.60. The number of amides is 1. The van der Waals surface area contributed by atoms with E-state index in [0.717, 1.165) is 0 Å². The highest BCUT2D eigenvalue weighted by Gasteiger charge is 2.12. The van der Waals surface area contributed by atoms with Crippen molar-refractivity contribution < 1.29 is 13.9 Å². The van der Waals surface area contributed by atoms with E-state index in [2.05, 4.69) is 5.32 Å². The molecule has 0 atom stereocenters. The van der Waals surface area contributed by atoms with Gasteiger partial charge in [0, 0.05) is 11.4 Å². The van der Waals surface area contributed by atoms with Gasteiger partial charge in [0.15, 0.2) is 0 Å². The molecular weight excluding hydrogens is 247 g/mol. The maximum atomic E-state index is 13.2. The van der Waals surface area contributed by atoms with Crippen LogP contribution in [0.4, 0.5) is 15.8 Å². The van der Waals surface area contributed by atoms with E-state index in [-0.39, 0.29) is 11.6 Å². The average Bonchev–Trinajstić information content (AvgIpc) is 2.37. The third kappa shape index (κ3) is 3.01. The summed E-state index contributed by atoms with van der Waals surface area (Å²) in [6.45, 7) is 0. The van der Waals surface area contributed by atoms with E-state index < -0.39 is 5.82 Å². The van der Waals surface area contributed by atoms with Gasteiger partial charge in [-0.25, -0.2) is 4.39 Å². The first-order chi connectivity index (χ1) is 9.10. The van der Waals surface area contributed by atoms with E-state index in [0.29, 0.717) is 17.0 Å². The van der Waals surface area contributed by atoms with Gasteiger partial charge in [0.1, 0.15) is 11.6 Å². The molecule has 3 N–H and O–H groups in total. The van der Waals surface area contributed by atoms with Gasteiger partial charge < -0.3 is 15.8 Å². The summed E-state index contributed by atoms with van der Waals surface area (Å²) in [5.41, 5.74) is 6.43. The van der Waals surface area contributed by atoms with E-state index in [1.165, 1.54) is 25.3 Å². The second-order valence-electron chi connectivity index (χ2n) is 3.93. The fourth-order valence-corrected chi connectivity index (χ4v) is 1.72. The minimum atomic E-state index is -0.504. The van der Waals surface area contributed by atoms with Crippen LogP contribution in [0.3, 0.4) is 0 Å². The summed E-state index contributed by atoms with van der Waals surface area (Å²) in [7, 11) is 1.48. The Balaban J connectivity index is 2.25. The zero-order valence-electron chi connectivity index (χ0n) is 10.3. The Labute approximate surface area is 110 Å². The molecule has 5 heteroatoms. The minimum absolute atomic E-state index is 0.246. The molecular formula is C14H13FN2O2. The van der Waals surface area contributed by atoms with Crippen LogP contribution >= 0.6 is 0 Å². The van der Waals surface area contributed by atoms with Crippen LogP contribution in [0.2, 0.25) is 0 Å². The molecule has 0 spiro atoms. The predicted molar refractivity (Wildman–Crippen MR) is 71.8 cm³/mol. The third-order valence-electron chi connectivity index (χ3n) is 2.53. The van der Waals surface area contributed by atoms with Crippen molar-refractivity contribution in [3.05, 3.63) is 53.8 Å². The fourth-order valence-electron chi connectivity index (χ4n) is 1.72. The number of nitrogen functional groups attached to an aromatic ring is 1. The summed E-state index contributed by atoms with van der Waals surface area (Å²) in [5.74, 6) is -0.442. The minimum Gasteiger partial charge on any atom is -0.496 e. The molecule has 0 heterocycles. The van der Waals surface area contributed by atoms with Gasteiger partial charge in [-0.1, -0.05) is 12.1 Å². The van der Waals surface area contributed by atoms with Crippen LogP contribution < -0.4 is 15.8 Å². The van der Waals surface area contributed by atoms with Crippen molar-refractivity contribution >= 4 is 17.3 Å². The van der Waals surface area contributed by atoms with E-state index >= 15 is 0 Å². The monoisotopic (exact) mass is 260 g/mol. The first-order valence-electron chi connectivity index (χ1n) is 5.60. The standard InChI is InChI=1S/C14H13FN2O2/c1-19-13-5-3-2-4-12(13)14(18)17-11-7-9(15)6-10(16)8-11/h2-8H,16H2,1H3,(H,17,18). The molecule has 0 aliphatic heterocycles. The third-order valence-corrected chi connectivity index (χ3v) is 2.53. The molecule has 0 bridgehead atoms. The lowest BCUT2D eigenvalue weighted by Crippen LogP contribution is -2.13. The Morgan fingerprint density at radius 2 is 2.00 bits per heavy atom. The summed E-state index contributed by atoms with van der Waals surface area (Å²) < 4.78 is 18.3. The number of benzene rings is 2. The SMILES string of the molecule is COc1ccccc1C(=O)Nc1cc(N)cc(F)c1. The second kappa shape index (κ2) is 5.39. The molecule has 2 rings (SSSR count). The van der Waals surface area contributed by atoms with Gasteiger partial charge >= 0.3 is 0 Å². The van der Waals surface area contributed by atoms with E-state index in [4.69, 9.17) is 10.5 Å². The molecule has 0 aromatic heterocycles. The second-order valence-corrected chi connectivity index (χ2v) is 3.93. The molecule has 0 aliphatic rings. The number of hydrogen-bond donors (Lipinski definition) is 2. The summed E-state index contributed by atoms with van der Waals surface area (Å²) in [6, 6.07) is 10.6. The summed E-state index contributed by atoms with van der Waals surface area (Å²) in [6.07, 6.45) is 0. The van der Waals surface area contributed by atoms with Gasteiger partial charge in [0.25, 0.3) is 5.91 Å². The maximum absolute atomic E-state index is 13.2. The van der Waals surface area contributed by atoms with Gasteiger partial charge in [0.2, 0.25) is 0 Å². The van der Waals surface area contributed by atoms with E-state index in [1.807, 2.05) is 0 Å². The molecule has 2 aromatic rings. The molecule has 0 saturated heterocycles. The highest BCUT2D eigenvalue weighted by Crippen LogP contribution is 2.20. The van der Waals surface area contributed by atoms with Gasteiger partial charge in [-0.05, 0) is 30.3 Å². The normalized spacial score (nSPS) is 10.0. The zero-order valence-corrected chi connectivity index (χ0v) is 10.3. The van der Waals surface area contributed by atoms with Crippen LogP contribution in [-0.2, 0) is 0 Å². The number of halogens is 1. The molecule has 98 valence electrons. The molecule has 0 unspecified atom stereocenters. The number of ether oxygens (including phenoxy) is 1. The number of carbonyl (C=O) groups excluding carboxylic acids is 1. The van der Waals surface area contributed by atoms with Crippen LogP contribution in [0.5, 0.6) is 5.75 Å². The van der Waals surface area contributed by atoms with Gasteiger partial charge in [-0.3, -0.25) is 4.79 Å². The highest BCUT2D eigenvalue weighted by atomic mass is 19.1. The molecule has 0 aliphatic carbocycles. The van der Waals surface area contributed by atoms with Crippen LogP contribution in [0.15, 0.2) is 42.5 Å². The summed E-state index contributed by atoms with van der Waals surface area (Å²) in [5, 5.41) is 2.58. The number of para-hydroxylation sites is 1. The van der Waals surface area contributed by atoms with Gasteiger partial charge in [-0.2, -0.15) is 0 Å². The number of nitrogens with one attached hydrogen (secondary N) is 1. The molecule has 19 heavy (non-hydrogen) atoms. The van der Waals surface area contributed by atoms with E-state index in [9.17, 15) is 9.18 Å². The lowest BCUT2D eigenvalue weighted by Gasteiger charge is -2.09. The topological polar surface area (TPSA) is 64.3 Å². The Hall–Kier alpha value is -2.56. The Kier molecular flexibility index (Phi) is 3.66. The number of anilines is 2. The quantitative estimate of drug-likeness (QED) is 0.834. The lowest BCUT2D eigenvalue weighted by molar-refractivity contribution is 0.102. The predicted octanol–water partition coefficient (Wildman–Crippen LogP) is 2.67. The fraction of sp³-hybridized carbons (Fsp3) is 0.0714. The zero-order chi connectivity index (χ0) is 13.8. The number of rotatable bonds is 3. The Morgan fingerprint density at radius 3 is 2.68 bits per heavy atom. The van der Waals surface area contributed by atoms with Crippen LogP contribution in [0, 0.1) is 5.82 Å². The van der Waals surface area contributed by atoms with Gasteiger partial charge in [0.05, 0.1) is 12.7 Å². The maximum Gasteiger partial charge on any atom is 0.259 e. The number of nitrogens with two attached hydrogens (primary N) is 1. The Bertz CT molecular complexity index is 594. The number of hydrogen-bond acceptors (Lipinski definition) is 3. The highest BCUT2D eigenvalue weighted by molar-refractivity contribution is 6.06. The van der Waals surface area contributed by atoms with Crippen molar-refractivity contribution in [3.63, 3.8) is 0 Å². The number of methoxy groups -OCH3 is 1. The van der Waals surface area contributed by atoms with Crippen molar-refractivity contribution in [1.29, 1.82) is 0 Å². The molecule has 1 amide bonds. The molecule has 0 saturated carbocycles. The molecule has 2 aromatic carbocycles. The van der Waals surface area contributed by atoms with E-state index in [1.54, 1.807) is 24.3 Å². The van der Waals surface area contributed by atoms with Crippen LogP contribution in [0.1, 0.15) is 10.4 Å². The van der Waals surface area contributed by atoms with Crippen molar-refractivity contribution in [1.82, 2.24) is 0 Å². The molecule has 0 fully saturated rings. The van der Waals surface area contributed by atoms with Crippen molar-refractivity contribution in [2.45, 2.75) is 0 Å². The molecule has 4 nitrogen and oxygen atoms in total. The smallest absolute Gasteiger partial charge is 0.259 e. The molecule has 0 radical (unpaired) electrons. The largest absolute Gasteiger partial charge is 0.496 e. The Morgan fingerprint density at radius 1 is 1.26 bits per heavy atom. The van der Waals surface area contributed by atoms with Crippen molar-refractivity contribution in [3.8, 4) is 5.75 Å². The lowest BCUT2D eigenvalue weighted by atomic mass is 10.2. The number of carbonyl (C=O) groups is 1. The summed E-state index contributed by atoms with van der Waals surface area (Å²) in [4.78, 5) is 12.1. The van der Waals surface area contributed by atoms with Crippen molar-refractivity contribution in [2.75, 3.05) is 18.2 Å².